The third kappa shape index (κ3) is 8.54. The minimum absolute atomic E-state index is 0.0822. The van der Waals surface area contributed by atoms with E-state index in [0.717, 1.165) is 12.8 Å². The average Bonchev–Trinajstić information content (AvgIpc) is 4.08. The van der Waals surface area contributed by atoms with E-state index in [1.54, 1.807) is 49.6 Å². The number of benzene rings is 2. The van der Waals surface area contributed by atoms with E-state index in [9.17, 15) is 22.8 Å². The average molecular weight is 914 g/mol. The molecule has 3 saturated carbocycles. The highest BCUT2D eigenvalue weighted by Crippen LogP contribution is 2.48. The van der Waals surface area contributed by atoms with E-state index in [4.69, 9.17) is 28.9 Å². The zero-order valence-electron chi connectivity index (χ0n) is 35.7. The number of carbonyl (C=O) groups is 4. The number of nitrogens with zero attached hydrogens (tertiary/aromatic N) is 3. The number of para-hydroxylation sites is 1. The van der Waals surface area contributed by atoms with E-state index in [2.05, 4.69) is 27.3 Å². The molecule has 19 heteroatoms. The van der Waals surface area contributed by atoms with Crippen LogP contribution in [-0.4, -0.2) is 102 Å². The maximum absolute atomic E-state index is 15.1. The quantitative estimate of drug-likeness (QED) is 0.117. The molecule has 3 unspecified atom stereocenters. The van der Waals surface area contributed by atoms with E-state index in [1.807, 2.05) is 25.3 Å². The number of methoxy groups -OCH3 is 1. The predicted octanol–water partition coefficient (Wildman–Crippen LogP) is 5.38. The Hall–Kier alpha value is -5.95. The van der Waals surface area contributed by atoms with Crippen LogP contribution in [0.25, 0.3) is 22.3 Å². The van der Waals surface area contributed by atoms with Crippen molar-refractivity contribution < 1.29 is 46.5 Å². The van der Waals surface area contributed by atoms with Gasteiger partial charge in [-0.3, -0.25) is 19.1 Å². The summed E-state index contributed by atoms with van der Waals surface area (Å²) in [6.07, 6.45) is 3.67. The van der Waals surface area contributed by atoms with Gasteiger partial charge in [-0.1, -0.05) is 24.3 Å². The van der Waals surface area contributed by atoms with E-state index in [1.165, 1.54) is 22.3 Å². The summed E-state index contributed by atoms with van der Waals surface area (Å²) in [6, 6.07) is 10.9. The second-order valence-electron chi connectivity index (χ2n) is 17.4. The van der Waals surface area contributed by atoms with Crippen LogP contribution in [0.4, 0.5) is 9.93 Å². The fraction of sp³-hybridized carbons (Fsp3) is 0.467. The smallest absolute Gasteiger partial charge is 0.408 e. The van der Waals surface area contributed by atoms with Crippen molar-refractivity contribution in [1.82, 2.24) is 30.2 Å². The Kier molecular flexibility index (Phi) is 11.6. The van der Waals surface area contributed by atoms with Crippen molar-refractivity contribution in [2.75, 3.05) is 19.0 Å². The SMILES string of the molecule is C=C[C@@H]1CC1(NC(=O)[C@@H]1C[C@@H](Oc2cc(-c3csc(NC(C)C)n3)nc3cc(OC)ccc23)C2c3ccccc3OCC(NC(=O)OC3CCCC3)C(=O)N21)C(=O)NS(=O)(=O)C1CC1. The molecule has 2 aliphatic heterocycles. The van der Waals surface area contributed by atoms with Crippen LogP contribution in [0.15, 0.2) is 66.6 Å². The molecule has 3 aliphatic carbocycles. The van der Waals surface area contributed by atoms with Gasteiger partial charge >= 0.3 is 6.09 Å². The summed E-state index contributed by atoms with van der Waals surface area (Å²) in [5.74, 6) is -1.44. The van der Waals surface area contributed by atoms with Crippen molar-refractivity contribution in [3.63, 3.8) is 0 Å². The van der Waals surface area contributed by atoms with Crippen molar-refractivity contribution in [1.29, 1.82) is 0 Å². The van der Waals surface area contributed by atoms with Gasteiger partial charge in [-0.15, -0.1) is 17.9 Å². The lowest BCUT2D eigenvalue weighted by Gasteiger charge is -2.37. The molecule has 0 spiro atoms. The van der Waals surface area contributed by atoms with Crippen molar-refractivity contribution in [2.45, 2.75) is 112 Å². The zero-order chi connectivity index (χ0) is 44.9. The van der Waals surface area contributed by atoms with Gasteiger partial charge in [0.25, 0.3) is 5.91 Å². The van der Waals surface area contributed by atoms with E-state index >= 15 is 4.79 Å². The first-order valence-corrected chi connectivity index (χ1v) is 24.1. The maximum atomic E-state index is 15.1. The van der Waals surface area contributed by atoms with Crippen molar-refractivity contribution in [3.8, 4) is 28.6 Å². The third-order valence-corrected chi connectivity index (χ3v) is 15.1. The fourth-order valence-electron chi connectivity index (χ4n) is 8.96. The molecule has 9 rings (SSSR count). The van der Waals surface area contributed by atoms with E-state index < -0.39 is 74.8 Å². The number of rotatable bonds is 14. The predicted molar refractivity (Wildman–Crippen MR) is 237 cm³/mol. The Morgan fingerprint density at radius 3 is 2.55 bits per heavy atom. The largest absolute Gasteiger partial charge is 0.497 e. The summed E-state index contributed by atoms with van der Waals surface area (Å²) >= 11 is 1.44. The number of hydrogen-bond acceptors (Lipinski definition) is 14. The lowest BCUT2D eigenvalue weighted by molar-refractivity contribution is -0.144. The molecule has 0 radical (unpaired) electrons. The second kappa shape index (κ2) is 17.2. The number of aromatic nitrogens is 2. The second-order valence-corrected chi connectivity index (χ2v) is 20.2. The molecule has 64 heavy (non-hydrogen) atoms. The molecule has 4 fully saturated rings. The van der Waals surface area contributed by atoms with Gasteiger partial charge in [-0.05, 0) is 77.0 Å². The highest BCUT2D eigenvalue weighted by molar-refractivity contribution is 7.91. The summed E-state index contributed by atoms with van der Waals surface area (Å²) in [5, 5.41) is 11.5. The standard InChI is InChI=1S/C45H51N7O10S2/c1-5-25-21-45(25,42(55)51-64(57,58)28-15-16-28)50-40(53)35-20-38(62-37-19-32(34-23-63-43(48-34)46-24(2)3)47-31-18-27(59-4)14-17-29(31)37)39-30-12-8-9-13-36(30)60-22-33(41(54)52(35)39)49-44(56)61-26-10-6-7-11-26/h5,8-9,12-14,17-19,23-26,28,33,35,38-39H,1,6-7,10-11,15-16,20-22H2,2-4H3,(H,46,48)(H,49,56)(H,50,53)(H,51,55)/t25-,33?,35+,38-,39?,45?/m1/s1. The first-order valence-electron chi connectivity index (χ1n) is 21.7. The summed E-state index contributed by atoms with van der Waals surface area (Å²) < 4.78 is 52.7. The van der Waals surface area contributed by atoms with Gasteiger partial charge in [-0.25, -0.2) is 23.2 Å². The van der Waals surface area contributed by atoms with Gasteiger partial charge in [-0.2, -0.15) is 0 Å². The molecule has 2 aromatic carbocycles. The summed E-state index contributed by atoms with van der Waals surface area (Å²) in [7, 11) is -2.40. The Balaban J connectivity index is 1.11. The van der Waals surface area contributed by atoms with E-state index in [-0.39, 0.29) is 31.6 Å². The van der Waals surface area contributed by atoms with Crippen LogP contribution in [0.1, 0.15) is 76.8 Å². The number of ether oxygens (including phenoxy) is 4. The van der Waals surface area contributed by atoms with E-state index in [0.29, 0.717) is 75.9 Å². The zero-order valence-corrected chi connectivity index (χ0v) is 37.3. The Morgan fingerprint density at radius 2 is 1.83 bits per heavy atom. The summed E-state index contributed by atoms with van der Waals surface area (Å²) in [4.78, 5) is 68.4. The van der Waals surface area contributed by atoms with Crippen molar-refractivity contribution in [3.05, 3.63) is 72.1 Å². The van der Waals surface area contributed by atoms with Crippen LogP contribution in [0, 0.1) is 5.92 Å². The molecule has 17 nitrogen and oxygen atoms in total. The number of amides is 4. The fourth-order valence-corrected chi connectivity index (χ4v) is 11.2. The van der Waals surface area contributed by atoms with Gasteiger partial charge < -0.3 is 39.8 Å². The number of thiazole rings is 1. The first kappa shape index (κ1) is 43.3. The number of anilines is 1. The van der Waals surface area contributed by atoms with Crippen LogP contribution < -0.4 is 34.9 Å². The Bertz CT molecular complexity index is 2610. The van der Waals surface area contributed by atoms with Gasteiger partial charge in [0.15, 0.2) is 5.13 Å². The number of sulfonamides is 1. The lowest BCUT2D eigenvalue weighted by Crippen LogP contribution is -2.59. The third-order valence-electron chi connectivity index (χ3n) is 12.5. The summed E-state index contributed by atoms with van der Waals surface area (Å²) in [6.45, 7) is 7.60. The molecule has 1 saturated heterocycles. The van der Waals surface area contributed by atoms with Crippen LogP contribution in [0.5, 0.6) is 17.2 Å². The van der Waals surface area contributed by atoms with Crippen molar-refractivity contribution in [2.24, 2.45) is 5.92 Å². The van der Waals surface area contributed by atoms with Gasteiger partial charge in [0.2, 0.25) is 21.8 Å². The minimum Gasteiger partial charge on any atom is -0.497 e. The monoisotopic (exact) mass is 913 g/mol. The van der Waals surface area contributed by atoms with Crippen LogP contribution in [0.2, 0.25) is 0 Å². The number of carbonyl (C=O) groups excluding carboxylic acids is 4. The van der Waals surface area contributed by atoms with Gasteiger partial charge in [0.05, 0.1) is 29.6 Å². The number of pyridine rings is 1. The highest BCUT2D eigenvalue weighted by Gasteiger charge is 2.63. The van der Waals surface area contributed by atoms with Crippen LogP contribution >= 0.6 is 11.3 Å². The molecule has 4 N–H and O–H groups in total. The van der Waals surface area contributed by atoms with Crippen LogP contribution in [0.3, 0.4) is 0 Å². The lowest BCUT2D eigenvalue weighted by atomic mass is 9.99. The van der Waals surface area contributed by atoms with Crippen molar-refractivity contribution >= 4 is 61.2 Å². The number of hydrogen-bond donors (Lipinski definition) is 4. The topological polar surface area (TPSA) is 216 Å². The molecule has 5 aliphatic rings. The maximum Gasteiger partial charge on any atom is 0.408 e. The highest BCUT2D eigenvalue weighted by atomic mass is 32.2. The molecule has 338 valence electrons. The minimum atomic E-state index is -3.96. The molecular weight excluding hydrogens is 863 g/mol. The Labute approximate surface area is 374 Å². The van der Waals surface area contributed by atoms with Gasteiger partial charge in [0.1, 0.15) is 59.4 Å². The molecule has 4 aromatic rings. The first-order chi connectivity index (χ1) is 30.8. The van der Waals surface area contributed by atoms with Crippen LogP contribution in [-0.2, 0) is 29.1 Å². The number of fused-ring (bicyclic) bond motifs is 4. The molecule has 2 aromatic heterocycles. The molecule has 4 heterocycles. The number of alkyl carbamates (subject to hydrolysis) is 1. The summed E-state index contributed by atoms with van der Waals surface area (Å²) in [5.41, 5.74) is 0.569. The molecular formula is C45H51N7O10S2. The normalized spacial score (nSPS) is 25.3. The molecule has 4 amide bonds. The number of nitrogens with one attached hydrogen (secondary N) is 4. The molecule has 6 atom stereocenters. The Morgan fingerprint density at radius 1 is 1.05 bits per heavy atom. The molecule has 0 bridgehead atoms. The van der Waals surface area contributed by atoms with Gasteiger partial charge in [0, 0.05) is 46.8 Å².